The van der Waals surface area contributed by atoms with Gasteiger partial charge in [0, 0.05) is 41.1 Å². The fourth-order valence-electron chi connectivity index (χ4n) is 4.71. The third-order valence-electron chi connectivity index (χ3n) is 6.92. The van der Waals surface area contributed by atoms with E-state index >= 15 is 0 Å². The normalized spacial score (nSPS) is 12.0. The molecule has 3 aromatic carbocycles. The van der Waals surface area contributed by atoms with Crippen LogP contribution in [0.3, 0.4) is 0 Å². The Bertz CT molecular complexity index is 1540. The molecule has 1 amide bonds. The first-order chi connectivity index (χ1) is 17.4. The Hall–Kier alpha value is -3.89. The molecule has 2 heterocycles. The van der Waals surface area contributed by atoms with Crippen LogP contribution in [0.2, 0.25) is 5.02 Å². The molecule has 0 aliphatic rings. The molecule has 5 heteroatoms. The van der Waals surface area contributed by atoms with E-state index in [1.54, 1.807) is 12.4 Å². The molecular weight excluding hydrogens is 466 g/mol. The molecular formula is C31H28ClN3O. The van der Waals surface area contributed by atoms with Crippen molar-refractivity contribution in [1.82, 2.24) is 14.9 Å². The minimum absolute atomic E-state index is 0.126. The lowest BCUT2D eigenvalue weighted by atomic mass is 10.0. The lowest BCUT2D eigenvalue weighted by Crippen LogP contribution is -2.26. The quantitative estimate of drug-likeness (QED) is 0.266. The van der Waals surface area contributed by atoms with Gasteiger partial charge >= 0.3 is 0 Å². The van der Waals surface area contributed by atoms with E-state index < -0.39 is 0 Å². The van der Waals surface area contributed by atoms with Gasteiger partial charge in [-0.3, -0.25) is 9.78 Å². The number of halogens is 1. The fourth-order valence-corrected chi connectivity index (χ4v) is 4.99. The molecule has 2 aromatic heterocycles. The highest BCUT2D eigenvalue weighted by atomic mass is 35.5. The molecule has 0 spiro atoms. The standard InChI is InChI=1S/C31H28ClN3O/c1-20-22(3)35(19-23-9-11-25(12-10-23)24-7-5-4-6-8-24)30-14-13-26(17-28(20)30)31(36)34-21(2)27-15-16-33-18-29(27)32/h4-18,21H,19H2,1-3H3,(H,34,36)/t21-/m0/s1. The van der Waals surface area contributed by atoms with Crippen molar-refractivity contribution in [2.45, 2.75) is 33.4 Å². The average Bonchev–Trinajstić information content (AvgIpc) is 3.14. The van der Waals surface area contributed by atoms with Gasteiger partial charge in [-0.15, -0.1) is 0 Å². The van der Waals surface area contributed by atoms with E-state index in [2.05, 4.69) is 77.2 Å². The highest BCUT2D eigenvalue weighted by molar-refractivity contribution is 6.31. The minimum atomic E-state index is -0.227. The number of hydrogen-bond donors (Lipinski definition) is 1. The second-order valence-corrected chi connectivity index (χ2v) is 9.59. The molecule has 0 saturated heterocycles. The van der Waals surface area contributed by atoms with Crippen molar-refractivity contribution in [3.63, 3.8) is 0 Å². The maximum atomic E-state index is 13.0. The third kappa shape index (κ3) is 4.65. The Labute approximate surface area is 216 Å². The predicted molar refractivity (Wildman–Crippen MR) is 148 cm³/mol. The van der Waals surface area contributed by atoms with E-state index in [-0.39, 0.29) is 11.9 Å². The Balaban J connectivity index is 1.39. The number of benzene rings is 3. The predicted octanol–water partition coefficient (Wildman–Crippen LogP) is 7.51. The minimum Gasteiger partial charge on any atom is -0.345 e. The van der Waals surface area contributed by atoms with E-state index in [4.69, 9.17) is 11.6 Å². The van der Waals surface area contributed by atoms with Crippen LogP contribution >= 0.6 is 11.6 Å². The van der Waals surface area contributed by atoms with Crippen LogP contribution in [0.5, 0.6) is 0 Å². The first-order valence-electron chi connectivity index (χ1n) is 12.1. The molecule has 0 aliphatic heterocycles. The second-order valence-electron chi connectivity index (χ2n) is 9.18. The summed E-state index contributed by atoms with van der Waals surface area (Å²) in [7, 11) is 0. The van der Waals surface area contributed by atoms with Crippen molar-refractivity contribution in [2.75, 3.05) is 0 Å². The van der Waals surface area contributed by atoms with Crippen molar-refractivity contribution in [3.05, 3.63) is 124 Å². The molecule has 0 saturated carbocycles. The Morgan fingerprint density at radius 3 is 2.42 bits per heavy atom. The molecule has 0 fully saturated rings. The van der Waals surface area contributed by atoms with Crippen LogP contribution in [0, 0.1) is 13.8 Å². The summed E-state index contributed by atoms with van der Waals surface area (Å²) >= 11 is 6.26. The van der Waals surface area contributed by atoms with E-state index in [0.717, 1.165) is 23.0 Å². The van der Waals surface area contributed by atoms with Crippen molar-refractivity contribution in [2.24, 2.45) is 0 Å². The van der Waals surface area contributed by atoms with Crippen molar-refractivity contribution < 1.29 is 4.79 Å². The van der Waals surface area contributed by atoms with Gasteiger partial charge in [0.25, 0.3) is 5.91 Å². The number of aryl methyl sites for hydroxylation is 1. The largest absolute Gasteiger partial charge is 0.345 e. The first kappa shape index (κ1) is 23.8. The van der Waals surface area contributed by atoms with Crippen LogP contribution in [0.25, 0.3) is 22.0 Å². The molecule has 0 aliphatic carbocycles. The number of carbonyl (C=O) groups excluding carboxylic acids is 1. The zero-order valence-electron chi connectivity index (χ0n) is 20.6. The van der Waals surface area contributed by atoms with Crippen LogP contribution in [-0.2, 0) is 6.54 Å². The summed E-state index contributed by atoms with van der Waals surface area (Å²) in [6.45, 7) is 6.95. The molecule has 0 bridgehead atoms. The summed E-state index contributed by atoms with van der Waals surface area (Å²) in [5, 5.41) is 4.70. The van der Waals surface area contributed by atoms with Gasteiger partial charge in [0.05, 0.1) is 11.1 Å². The summed E-state index contributed by atoms with van der Waals surface area (Å²) in [6, 6.07) is 26.7. The number of aromatic nitrogens is 2. The number of nitrogens with zero attached hydrogens (tertiary/aromatic N) is 2. The zero-order valence-corrected chi connectivity index (χ0v) is 21.4. The molecule has 0 radical (unpaired) electrons. The summed E-state index contributed by atoms with van der Waals surface area (Å²) in [6.07, 6.45) is 3.27. The van der Waals surface area contributed by atoms with Gasteiger partial charge < -0.3 is 9.88 Å². The maximum Gasteiger partial charge on any atom is 0.251 e. The Morgan fingerprint density at radius 1 is 0.972 bits per heavy atom. The molecule has 4 nitrogen and oxygen atoms in total. The zero-order chi connectivity index (χ0) is 25.2. The Kier molecular flexibility index (Phi) is 6.62. The molecule has 180 valence electrons. The second kappa shape index (κ2) is 10.00. The summed E-state index contributed by atoms with van der Waals surface area (Å²) < 4.78 is 2.32. The van der Waals surface area contributed by atoms with Crippen LogP contribution in [-0.4, -0.2) is 15.5 Å². The number of carbonyl (C=O) groups is 1. The third-order valence-corrected chi connectivity index (χ3v) is 7.24. The lowest BCUT2D eigenvalue weighted by Gasteiger charge is -2.15. The topological polar surface area (TPSA) is 46.9 Å². The number of fused-ring (bicyclic) bond motifs is 1. The van der Waals surface area contributed by atoms with E-state index in [1.807, 2.05) is 37.3 Å². The summed E-state index contributed by atoms with van der Waals surface area (Å²) in [4.78, 5) is 17.1. The van der Waals surface area contributed by atoms with Crippen molar-refractivity contribution in [1.29, 1.82) is 0 Å². The van der Waals surface area contributed by atoms with Crippen LogP contribution in [0.4, 0.5) is 0 Å². The van der Waals surface area contributed by atoms with Gasteiger partial charge in [-0.05, 0) is 72.9 Å². The monoisotopic (exact) mass is 493 g/mol. The van der Waals surface area contributed by atoms with Gasteiger partial charge in [0.2, 0.25) is 0 Å². The van der Waals surface area contributed by atoms with Gasteiger partial charge in [-0.25, -0.2) is 0 Å². The molecule has 1 atom stereocenters. The van der Waals surface area contributed by atoms with Crippen LogP contribution < -0.4 is 5.32 Å². The number of nitrogens with one attached hydrogen (secondary N) is 1. The van der Waals surface area contributed by atoms with E-state index in [0.29, 0.717) is 10.6 Å². The smallest absolute Gasteiger partial charge is 0.251 e. The first-order valence-corrected chi connectivity index (χ1v) is 12.4. The van der Waals surface area contributed by atoms with Gasteiger partial charge in [-0.1, -0.05) is 66.2 Å². The number of rotatable bonds is 6. The maximum absolute atomic E-state index is 13.0. The molecule has 5 rings (SSSR count). The van der Waals surface area contributed by atoms with Crippen molar-refractivity contribution >= 4 is 28.4 Å². The van der Waals surface area contributed by atoms with Gasteiger partial charge in [0.15, 0.2) is 0 Å². The van der Waals surface area contributed by atoms with E-state index in [1.165, 1.54) is 27.9 Å². The summed E-state index contributed by atoms with van der Waals surface area (Å²) in [5.41, 5.74) is 8.65. The fraction of sp³-hybridized carbons (Fsp3) is 0.161. The van der Waals surface area contributed by atoms with Crippen LogP contribution in [0.1, 0.15) is 45.7 Å². The van der Waals surface area contributed by atoms with E-state index in [9.17, 15) is 4.79 Å². The molecule has 5 aromatic rings. The summed E-state index contributed by atoms with van der Waals surface area (Å²) in [5.74, 6) is -0.126. The number of pyridine rings is 1. The number of amides is 1. The van der Waals surface area contributed by atoms with Crippen LogP contribution in [0.15, 0.2) is 91.3 Å². The number of hydrogen-bond acceptors (Lipinski definition) is 2. The van der Waals surface area contributed by atoms with Gasteiger partial charge in [0.1, 0.15) is 0 Å². The Morgan fingerprint density at radius 2 is 1.69 bits per heavy atom. The molecule has 36 heavy (non-hydrogen) atoms. The molecule has 1 N–H and O–H groups in total. The highest BCUT2D eigenvalue weighted by Crippen LogP contribution is 2.29. The average molecular weight is 494 g/mol. The van der Waals surface area contributed by atoms with Crippen molar-refractivity contribution in [3.8, 4) is 11.1 Å². The SMILES string of the molecule is Cc1c(C)n(Cc2ccc(-c3ccccc3)cc2)c2ccc(C(=O)N[C@@H](C)c3ccncc3Cl)cc12. The lowest BCUT2D eigenvalue weighted by molar-refractivity contribution is 0.0940. The molecule has 0 unspecified atom stereocenters. The highest BCUT2D eigenvalue weighted by Gasteiger charge is 2.17. The van der Waals surface area contributed by atoms with Gasteiger partial charge in [-0.2, -0.15) is 0 Å².